The molecule has 12 saturated carbocycles. The van der Waals surface area contributed by atoms with Crippen LogP contribution in [0.4, 0.5) is 0 Å². The fourth-order valence-corrected chi connectivity index (χ4v) is 22.6. The van der Waals surface area contributed by atoms with Crippen LogP contribution in [-0.4, -0.2) is 96.5 Å². The minimum absolute atomic E-state index is 0. The third-order valence-electron chi connectivity index (χ3n) is 29.0. The van der Waals surface area contributed by atoms with Gasteiger partial charge in [-0.3, -0.25) is 4.79 Å². The summed E-state index contributed by atoms with van der Waals surface area (Å²) in [6.07, 6.45) is 17.2. The van der Waals surface area contributed by atoms with E-state index in [9.17, 15) is 40.5 Å². The molecular formula is C68H112O9. The van der Waals surface area contributed by atoms with Crippen LogP contribution in [0.25, 0.3) is 0 Å². The van der Waals surface area contributed by atoms with Gasteiger partial charge in [0.05, 0.1) is 60.4 Å². The van der Waals surface area contributed by atoms with Crippen molar-refractivity contribution >= 4 is 5.78 Å². The average molecular weight is 1070 g/mol. The number of aliphatic hydroxyl groups is 7. The summed E-state index contributed by atoms with van der Waals surface area (Å²) in [5.74, 6) is 5.17. The molecule has 9 heteroatoms. The molecule has 1 saturated heterocycles. The van der Waals surface area contributed by atoms with Crippen molar-refractivity contribution in [2.45, 2.75) is 267 Å². The highest BCUT2D eigenvalue weighted by atomic mass is 16.6. The molecule has 0 aromatic heterocycles. The fourth-order valence-electron chi connectivity index (χ4n) is 22.6. The van der Waals surface area contributed by atoms with E-state index in [4.69, 9.17) is 4.74 Å². The van der Waals surface area contributed by atoms with Gasteiger partial charge < -0.3 is 40.5 Å². The average Bonchev–Trinajstić information content (AvgIpc) is 4.06. The van der Waals surface area contributed by atoms with Gasteiger partial charge in [-0.05, 0) is 192 Å². The molecule has 438 valence electrons. The van der Waals surface area contributed by atoms with Crippen molar-refractivity contribution < 1.29 is 45.3 Å². The first kappa shape index (κ1) is 60.2. The van der Waals surface area contributed by atoms with Crippen LogP contribution in [0.2, 0.25) is 0 Å². The van der Waals surface area contributed by atoms with E-state index in [0.29, 0.717) is 78.3 Å². The molecule has 13 fully saturated rings. The molecule has 1 heterocycles. The second kappa shape index (κ2) is 20.1. The van der Waals surface area contributed by atoms with Gasteiger partial charge in [-0.1, -0.05) is 127 Å². The van der Waals surface area contributed by atoms with Crippen LogP contribution in [0.1, 0.15) is 213 Å². The smallest absolute Gasteiger partial charge is 0.141 e. The highest BCUT2D eigenvalue weighted by Crippen LogP contribution is 2.73. The number of aliphatic hydroxyl groups excluding tert-OH is 7. The van der Waals surface area contributed by atoms with Crippen LogP contribution < -0.4 is 0 Å². The topological polar surface area (TPSA) is 171 Å². The Morgan fingerprint density at radius 2 is 0.779 bits per heavy atom. The van der Waals surface area contributed by atoms with Crippen LogP contribution >= 0.6 is 0 Å². The minimum atomic E-state index is -0.583. The van der Waals surface area contributed by atoms with Crippen molar-refractivity contribution in [3.05, 3.63) is 36.5 Å². The predicted molar refractivity (Wildman–Crippen MR) is 307 cm³/mol. The number of ether oxygens (including phenoxy) is 1. The van der Waals surface area contributed by atoms with Crippen molar-refractivity contribution in [2.75, 3.05) is 0 Å². The number of fused-ring (bicyclic) bond motifs is 6. The van der Waals surface area contributed by atoms with E-state index in [1.54, 1.807) is 0 Å². The lowest BCUT2D eigenvalue weighted by Crippen LogP contribution is -2.50. The Morgan fingerprint density at radius 3 is 1.19 bits per heavy atom. The molecule has 4 spiro atoms. The van der Waals surface area contributed by atoms with E-state index in [-0.39, 0.29) is 105 Å². The van der Waals surface area contributed by atoms with Crippen molar-refractivity contribution in [1.29, 1.82) is 0 Å². The summed E-state index contributed by atoms with van der Waals surface area (Å²) in [7, 11) is 0. The number of carbonyl (C=O) groups is 1. The van der Waals surface area contributed by atoms with Gasteiger partial charge in [-0.25, -0.2) is 0 Å². The normalized spacial score (nSPS) is 58.4. The summed E-state index contributed by atoms with van der Waals surface area (Å²) < 4.78 is 5.91. The van der Waals surface area contributed by atoms with Crippen LogP contribution in [0, 0.1) is 114 Å². The van der Waals surface area contributed by atoms with E-state index < -0.39 is 11.5 Å². The first-order valence-corrected chi connectivity index (χ1v) is 31.4. The number of epoxide rings is 1. The highest BCUT2D eigenvalue weighted by Gasteiger charge is 2.73. The molecule has 0 aromatic carbocycles. The first-order chi connectivity index (χ1) is 35.4. The van der Waals surface area contributed by atoms with Gasteiger partial charge in [0.1, 0.15) is 5.78 Å². The van der Waals surface area contributed by atoms with E-state index in [2.05, 4.69) is 103 Å². The number of hydrogen-bond acceptors (Lipinski definition) is 9. The van der Waals surface area contributed by atoms with Gasteiger partial charge in [0, 0.05) is 38.9 Å². The molecule has 1 aliphatic heterocycles. The predicted octanol–water partition coefficient (Wildman–Crippen LogP) is 12.2. The summed E-state index contributed by atoms with van der Waals surface area (Å²) in [6.45, 7) is 39.7. The van der Waals surface area contributed by atoms with Crippen LogP contribution in [0.5, 0.6) is 0 Å². The SMILES string of the molecule is C.C=C1CC[C@@H](C)[C@]12C[C@@H]1C3OC3C[C@@H](C)[C@]1(C)[C@H]2O.C=C1CC[C@@H](C)[C@]12C[C@@H]1C[C@H](O)C[C@@H](C)[C@]1(C)[C@H]2O.C=C1CC[C@@H](C)[C@]12C[C@@H]1[C@H](O)CC[C@@H](C)[C@]1(C)[C@H]2O.C[C@@H]1CCC(=O)[C@@]12C[C@@H]1[C@@H](O)CC[C@@H](C)[C@]1(C)[C@H]2O. The summed E-state index contributed by atoms with van der Waals surface area (Å²) in [4.78, 5) is 12.5. The zero-order valence-corrected chi connectivity index (χ0v) is 49.6. The Morgan fingerprint density at radius 1 is 0.416 bits per heavy atom. The summed E-state index contributed by atoms with van der Waals surface area (Å²) in [5, 5.41) is 75.6. The van der Waals surface area contributed by atoms with Gasteiger partial charge in [-0.15, -0.1) is 0 Å². The lowest BCUT2D eigenvalue weighted by Gasteiger charge is -2.47. The second-order valence-electron chi connectivity index (χ2n) is 31.0. The van der Waals surface area contributed by atoms with Crippen LogP contribution in [0.15, 0.2) is 36.5 Å². The molecular weight excluding hydrogens is 961 g/mol. The Bertz CT molecular complexity index is 2130. The summed E-state index contributed by atoms with van der Waals surface area (Å²) >= 11 is 0. The molecule has 12 aliphatic carbocycles. The third kappa shape index (κ3) is 7.93. The molecule has 0 radical (unpaired) electrons. The van der Waals surface area contributed by atoms with Crippen molar-refractivity contribution in [3.8, 4) is 0 Å². The van der Waals surface area contributed by atoms with Crippen molar-refractivity contribution in [1.82, 2.24) is 0 Å². The molecule has 0 bridgehead atoms. The number of Topliss-reactive ketones (excluding diaryl/α,β-unsaturated/α-hetero) is 1. The quantitative estimate of drug-likeness (QED) is 0.0921. The monoisotopic (exact) mass is 1070 g/mol. The van der Waals surface area contributed by atoms with Gasteiger partial charge in [0.25, 0.3) is 0 Å². The lowest BCUT2D eigenvalue weighted by molar-refractivity contribution is -0.139. The zero-order valence-electron chi connectivity index (χ0n) is 49.6. The Balaban J connectivity index is 0.000000125. The summed E-state index contributed by atoms with van der Waals surface area (Å²) in [6, 6.07) is 0. The van der Waals surface area contributed by atoms with Gasteiger partial charge in [0.2, 0.25) is 0 Å². The van der Waals surface area contributed by atoms with E-state index in [0.717, 1.165) is 103 Å². The molecule has 13 aliphatic rings. The maximum Gasteiger partial charge on any atom is 0.141 e. The van der Waals surface area contributed by atoms with E-state index in [1.807, 2.05) is 0 Å². The fraction of sp³-hybridized carbons (Fsp3) is 0.897. The molecule has 77 heavy (non-hydrogen) atoms. The largest absolute Gasteiger partial charge is 0.393 e. The number of ketones is 1. The van der Waals surface area contributed by atoms with Crippen LogP contribution in [0.3, 0.4) is 0 Å². The number of carbonyl (C=O) groups excluding carboxylic acids is 1. The zero-order chi connectivity index (χ0) is 55.6. The number of hydrogen-bond donors (Lipinski definition) is 7. The molecule has 0 amide bonds. The van der Waals surface area contributed by atoms with Gasteiger partial charge in [-0.2, -0.15) is 0 Å². The molecule has 29 atom stereocenters. The molecule has 0 aromatic rings. The molecule has 7 N–H and O–H groups in total. The standard InChI is InChI=1S/C17H26O2.2C17H28O2.C16H26O3.CH4/c1-9-5-6-10(2)17(9)8-12-14-13(19-14)7-11(3)16(12,4)15(17)18;1-10-5-6-11(2)17(10)9-13-8-14(18)7-12(3)16(13,4)15(17)19;1-10-7-8-14(18)13-9-17(15(19)16(10,13)4)11(2)5-6-12(17)3;1-9-4-6-12(17)11-8-16(14(19)15(9,11)3)10(2)5-7-13(16)18;/h10-15,18H,1,5-8H2,2-4H3;11-15,18-19H,1,5-9H2,2-4H3;10,12-15,18-19H,2,5-9H2,1,3-4H3;9-12,14,17,19H,4-8H2,1-3H3;1H4/t10-,11-,12-,13?,14?,15-,16+,17+;11-,12-,13+,14-,15-,16+,17+;10-,12-,13-,14-,15-,16+,17+;9-,10-,11-,12+,14-,15+,16-;/m1111./s1. The second-order valence-corrected chi connectivity index (χ2v) is 31.0. The third-order valence-corrected chi connectivity index (χ3v) is 29.0. The first-order valence-electron chi connectivity index (χ1n) is 31.4. The van der Waals surface area contributed by atoms with Crippen molar-refractivity contribution in [3.63, 3.8) is 0 Å². The molecule has 9 nitrogen and oxygen atoms in total. The maximum absolute atomic E-state index is 12.5. The lowest BCUT2D eigenvalue weighted by atomic mass is 9.60. The van der Waals surface area contributed by atoms with Crippen LogP contribution in [-0.2, 0) is 9.53 Å². The maximum atomic E-state index is 12.5. The van der Waals surface area contributed by atoms with E-state index >= 15 is 0 Å². The number of rotatable bonds is 0. The molecule has 13 rings (SSSR count). The van der Waals surface area contributed by atoms with Gasteiger partial charge in [0.15, 0.2) is 0 Å². The minimum Gasteiger partial charge on any atom is -0.393 e. The molecule has 2 unspecified atom stereocenters. The summed E-state index contributed by atoms with van der Waals surface area (Å²) in [5.41, 5.74) is 2.58. The van der Waals surface area contributed by atoms with E-state index in [1.165, 1.54) is 23.1 Å². The Labute approximate surface area is 467 Å². The van der Waals surface area contributed by atoms with Gasteiger partial charge >= 0.3 is 0 Å². The Hall–Kier alpha value is -1.43. The van der Waals surface area contributed by atoms with Crippen molar-refractivity contribution in [2.24, 2.45) is 114 Å². The highest BCUT2D eigenvalue weighted by molar-refractivity contribution is 5.88. The Kier molecular flexibility index (Phi) is 15.7.